The number of azide groups is 1. The third kappa shape index (κ3) is 6.73. The third-order valence-electron chi connectivity index (χ3n) is 1.85. The number of hydrogen-bond acceptors (Lipinski definition) is 5. The molecule has 0 aromatic heterocycles. The van der Waals surface area contributed by atoms with Crippen molar-refractivity contribution >= 4 is 6.47 Å². The third-order valence-corrected chi connectivity index (χ3v) is 1.85. The average molecular weight is 216 g/mol. The smallest absolute Gasteiger partial charge is 0.293 e. The normalized spacial score (nSPS) is 24.1. The van der Waals surface area contributed by atoms with E-state index in [0.717, 1.165) is 13.0 Å². The molecule has 0 bridgehead atoms. The second kappa shape index (κ2) is 9.26. The molecule has 15 heavy (non-hydrogen) atoms. The first-order valence-electron chi connectivity index (χ1n) is 4.74. The van der Waals surface area contributed by atoms with Crippen molar-refractivity contribution < 1.29 is 14.6 Å². The number of aliphatic hydroxyl groups excluding tert-OH is 1. The fourth-order valence-corrected chi connectivity index (χ4v) is 1.10. The summed E-state index contributed by atoms with van der Waals surface area (Å²) in [7, 11) is 0. The van der Waals surface area contributed by atoms with Crippen LogP contribution in [0.5, 0.6) is 0 Å². The van der Waals surface area contributed by atoms with E-state index in [0.29, 0.717) is 19.6 Å². The molecule has 0 saturated carbocycles. The molecule has 86 valence electrons. The Morgan fingerprint density at radius 1 is 1.80 bits per heavy atom. The van der Waals surface area contributed by atoms with E-state index in [1.165, 1.54) is 0 Å². The largest absolute Gasteiger partial charge is 0.468 e. The van der Waals surface area contributed by atoms with Crippen molar-refractivity contribution in [2.45, 2.75) is 25.5 Å². The van der Waals surface area contributed by atoms with Crippen molar-refractivity contribution in [1.82, 2.24) is 5.32 Å². The molecule has 2 atom stereocenters. The maximum absolute atomic E-state index is 9.18. The molecular formula is C8H16N4O3. The SMILES string of the molecule is CCOC=O.[N-]=[N+]=NC1CCNCC1O. The van der Waals surface area contributed by atoms with Crippen molar-refractivity contribution in [2.75, 3.05) is 19.7 Å². The number of piperidine rings is 1. The molecule has 1 fully saturated rings. The molecular weight excluding hydrogens is 200 g/mol. The predicted octanol–water partition coefficient (Wildman–Crippen LogP) is 0.199. The van der Waals surface area contributed by atoms with Gasteiger partial charge in [-0.1, -0.05) is 5.11 Å². The first-order valence-corrected chi connectivity index (χ1v) is 4.74. The molecule has 0 spiro atoms. The van der Waals surface area contributed by atoms with Crippen LogP contribution in [0.4, 0.5) is 0 Å². The Labute approximate surface area is 88.0 Å². The van der Waals surface area contributed by atoms with Gasteiger partial charge in [-0.2, -0.15) is 0 Å². The minimum absolute atomic E-state index is 0.230. The Balaban J connectivity index is 0.000000336. The van der Waals surface area contributed by atoms with Crippen LogP contribution in [0.1, 0.15) is 13.3 Å². The average Bonchev–Trinajstić information content (AvgIpc) is 2.24. The van der Waals surface area contributed by atoms with Crippen LogP contribution < -0.4 is 5.32 Å². The van der Waals surface area contributed by atoms with Gasteiger partial charge < -0.3 is 15.2 Å². The van der Waals surface area contributed by atoms with Gasteiger partial charge in [-0.15, -0.1) is 0 Å². The Morgan fingerprint density at radius 2 is 2.53 bits per heavy atom. The monoisotopic (exact) mass is 216 g/mol. The highest BCUT2D eigenvalue weighted by Crippen LogP contribution is 2.07. The lowest BCUT2D eigenvalue weighted by molar-refractivity contribution is -0.128. The van der Waals surface area contributed by atoms with Gasteiger partial charge in [0.25, 0.3) is 6.47 Å². The van der Waals surface area contributed by atoms with E-state index in [1.54, 1.807) is 6.92 Å². The van der Waals surface area contributed by atoms with Gasteiger partial charge in [-0.3, -0.25) is 4.79 Å². The Hall–Kier alpha value is -1.30. The molecule has 1 rings (SSSR count). The van der Waals surface area contributed by atoms with Gasteiger partial charge in [0.15, 0.2) is 0 Å². The number of carbonyl (C=O) groups is 1. The fourth-order valence-electron chi connectivity index (χ4n) is 1.10. The molecule has 7 heteroatoms. The van der Waals surface area contributed by atoms with Gasteiger partial charge in [0, 0.05) is 11.5 Å². The lowest BCUT2D eigenvalue weighted by Crippen LogP contribution is -2.42. The highest BCUT2D eigenvalue weighted by Gasteiger charge is 2.20. The molecule has 0 amide bonds. The van der Waals surface area contributed by atoms with Gasteiger partial charge in [0.2, 0.25) is 0 Å². The minimum Gasteiger partial charge on any atom is -0.468 e. The summed E-state index contributed by atoms with van der Waals surface area (Å²) in [6.45, 7) is 4.02. The molecule has 1 saturated heterocycles. The highest BCUT2D eigenvalue weighted by molar-refractivity contribution is 5.36. The van der Waals surface area contributed by atoms with E-state index in [-0.39, 0.29) is 6.04 Å². The Bertz CT molecular complexity index is 218. The van der Waals surface area contributed by atoms with Gasteiger partial charge >= 0.3 is 0 Å². The summed E-state index contributed by atoms with van der Waals surface area (Å²) < 4.78 is 4.15. The molecule has 0 aromatic rings. The van der Waals surface area contributed by atoms with Crippen LogP contribution in [-0.4, -0.2) is 43.4 Å². The van der Waals surface area contributed by atoms with Crippen molar-refractivity contribution in [2.24, 2.45) is 5.11 Å². The first-order chi connectivity index (χ1) is 7.26. The molecule has 0 radical (unpaired) electrons. The highest BCUT2D eigenvalue weighted by atomic mass is 16.5. The summed E-state index contributed by atoms with van der Waals surface area (Å²) in [4.78, 5) is 11.8. The lowest BCUT2D eigenvalue weighted by atomic mass is 10.1. The second-order valence-electron chi connectivity index (χ2n) is 2.88. The van der Waals surface area contributed by atoms with E-state index >= 15 is 0 Å². The zero-order valence-corrected chi connectivity index (χ0v) is 8.67. The first kappa shape index (κ1) is 13.7. The van der Waals surface area contributed by atoms with Crippen molar-refractivity contribution in [1.29, 1.82) is 0 Å². The zero-order chi connectivity index (χ0) is 11.5. The number of ether oxygens (including phenoxy) is 1. The van der Waals surface area contributed by atoms with Gasteiger partial charge in [-0.25, -0.2) is 0 Å². The molecule has 2 unspecified atom stereocenters. The summed E-state index contributed by atoms with van der Waals surface area (Å²) in [5.41, 5.74) is 8.06. The van der Waals surface area contributed by atoms with Crippen LogP contribution >= 0.6 is 0 Å². The van der Waals surface area contributed by atoms with Crippen molar-refractivity contribution in [3.05, 3.63) is 10.4 Å². The van der Waals surface area contributed by atoms with Gasteiger partial charge in [0.05, 0.1) is 18.8 Å². The predicted molar refractivity (Wildman–Crippen MR) is 54.1 cm³/mol. The number of nitrogens with one attached hydrogen (secondary N) is 1. The van der Waals surface area contributed by atoms with E-state index in [1.807, 2.05) is 0 Å². The van der Waals surface area contributed by atoms with Crippen LogP contribution in [0, 0.1) is 0 Å². The molecule has 1 aliphatic rings. The number of rotatable bonds is 3. The fraction of sp³-hybridized carbons (Fsp3) is 0.875. The van der Waals surface area contributed by atoms with E-state index < -0.39 is 6.10 Å². The summed E-state index contributed by atoms with van der Waals surface area (Å²) in [5, 5.41) is 15.6. The van der Waals surface area contributed by atoms with Crippen LogP contribution in [-0.2, 0) is 9.53 Å². The van der Waals surface area contributed by atoms with Gasteiger partial charge in [-0.05, 0) is 25.4 Å². The molecule has 0 aromatic carbocycles. The number of hydrogen-bond donors (Lipinski definition) is 2. The second-order valence-corrected chi connectivity index (χ2v) is 2.88. The minimum atomic E-state index is -0.510. The van der Waals surface area contributed by atoms with Crippen molar-refractivity contribution in [3.8, 4) is 0 Å². The van der Waals surface area contributed by atoms with Crippen LogP contribution in [0.2, 0.25) is 0 Å². The summed E-state index contributed by atoms with van der Waals surface area (Å²) in [6, 6.07) is -0.230. The van der Waals surface area contributed by atoms with Crippen LogP contribution in [0.3, 0.4) is 0 Å². The Morgan fingerprint density at radius 3 is 2.93 bits per heavy atom. The standard InChI is InChI=1S/C5H10N4O.C3H6O2/c6-9-8-4-1-2-7-3-5(4)10;1-2-5-3-4/h4-5,7,10H,1-3H2;3H,2H2,1H3. The zero-order valence-electron chi connectivity index (χ0n) is 8.67. The number of β-amino-alcohol motifs (C(OH)–C–C–N with tert-alkyl or cyclic N) is 1. The molecule has 1 aliphatic heterocycles. The molecule has 0 aliphatic carbocycles. The topological polar surface area (TPSA) is 107 Å². The van der Waals surface area contributed by atoms with Crippen LogP contribution in [0.25, 0.3) is 10.4 Å². The molecule has 2 N–H and O–H groups in total. The van der Waals surface area contributed by atoms with E-state index in [2.05, 4.69) is 20.1 Å². The van der Waals surface area contributed by atoms with E-state index in [4.69, 9.17) is 5.53 Å². The molecule has 1 heterocycles. The summed E-state index contributed by atoms with van der Waals surface area (Å²) >= 11 is 0. The maximum atomic E-state index is 9.18. The van der Waals surface area contributed by atoms with Crippen molar-refractivity contribution in [3.63, 3.8) is 0 Å². The van der Waals surface area contributed by atoms with Crippen LogP contribution in [0.15, 0.2) is 5.11 Å². The maximum Gasteiger partial charge on any atom is 0.293 e. The summed E-state index contributed by atoms with van der Waals surface area (Å²) in [6.07, 6.45) is 0.218. The Kier molecular flexibility index (Phi) is 8.46. The van der Waals surface area contributed by atoms with Gasteiger partial charge in [0.1, 0.15) is 0 Å². The number of aliphatic hydroxyl groups is 1. The quantitative estimate of drug-likeness (QED) is 0.304. The number of carbonyl (C=O) groups excluding carboxylic acids is 1. The van der Waals surface area contributed by atoms with E-state index in [9.17, 15) is 9.90 Å². The lowest BCUT2D eigenvalue weighted by Gasteiger charge is -2.23. The number of nitrogens with zero attached hydrogens (tertiary/aromatic N) is 3. The molecule has 7 nitrogen and oxygen atoms in total. The summed E-state index contributed by atoms with van der Waals surface area (Å²) in [5.74, 6) is 0.